The van der Waals surface area contributed by atoms with E-state index in [4.69, 9.17) is 5.73 Å². The molecule has 0 aliphatic carbocycles. The first-order valence-electron chi connectivity index (χ1n) is 2.92. The molecule has 0 amide bonds. The summed E-state index contributed by atoms with van der Waals surface area (Å²) in [5.41, 5.74) is 4.20. The van der Waals surface area contributed by atoms with Crippen LogP contribution in [-0.4, -0.2) is 4.98 Å². The van der Waals surface area contributed by atoms with Crippen LogP contribution in [0.1, 0.15) is 12.1 Å². The van der Waals surface area contributed by atoms with E-state index in [-0.39, 0.29) is 10.2 Å². The third-order valence-corrected chi connectivity index (χ3v) is 1.76. The molecule has 6 heteroatoms. The molecular formula is C6H4BrF3N2. The average molecular weight is 241 g/mol. The van der Waals surface area contributed by atoms with Gasteiger partial charge in [0.15, 0.2) is 0 Å². The largest absolute Gasteiger partial charge is 0.397 e. The molecule has 0 bridgehead atoms. The molecule has 1 aromatic rings. The van der Waals surface area contributed by atoms with Gasteiger partial charge in [0.1, 0.15) is 5.69 Å². The molecule has 0 saturated carbocycles. The number of anilines is 1. The number of nitrogens with two attached hydrogens (primary N) is 1. The summed E-state index contributed by atoms with van der Waals surface area (Å²) in [6, 6.07) is 1.06. The highest BCUT2D eigenvalue weighted by Crippen LogP contribution is 2.26. The second-order valence-corrected chi connectivity index (χ2v) is 2.89. The van der Waals surface area contributed by atoms with Crippen molar-refractivity contribution in [1.29, 1.82) is 0 Å². The van der Waals surface area contributed by atoms with Crippen LogP contribution in [0.5, 0.6) is 0 Å². The van der Waals surface area contributed by atoms with Crippen molar-refractivity contribution < 1.29 is 13.2 Å². The van der Waals surface area contributed by atoms with E-state index in [1.807, 2.05) is 0 Å². The van der Waals surface area contributed by atoms with Gasteiger partial charge in [-0.15, -0.1) is 0 Å². The quantitative estimate of drug-likeness (QED) is 0.767. The zero-order chi connectivity index (χ0) is 9.30. The lowest BCUT2D eigenvalue weighted by atomic mass is 10.3. The van der Waals surface area contributed by atoms with Gasteiger partial charge in [-0.25, -0.2) is 13.8 Å². The van der Waals surface area contributed by atoms with Gasteiger partial charge >= 0.3 is 0 Å². The van der Waals surface area contributed by atoms with E-state index in [1.165, 1.54) is 0 Å². The van der Waals surface area contributed by atoms with Gasteiger partial charge in [-0.1, -0.05) is 0 Å². The highest BCUT2D eigenvalue weighted by molar-refractivity contribution is 9.10. The number of alkyl halides is 2. The Hall–Kier alpha value is -0.780. The Morgan fingerprint density at radius 2 is 2.08 bits per heavy atom. The molecule has 1 aromatic heterocycles. The Balaban J connectivity index is 3.23. The third-order valence-electron chi connectivity index (χ3n) is 1.20. The van der Waals surface area contributed by atoms with Crippen molar-refractivity contribution in [2.24, 2.45) is 0 Å². The van der Waals surface area contributed by atoms with Gasteiger partial charge in [0.2, 0.25) is 5.95 Å². The molecule has 2 N–H and O–H groups in total. The number of hydrogen-bond acceptors (Lipinski definition) is 2. The standard InChI is InChI=1S/C6H4BrF3N2/c7-2-1-3(11)4(5(8)9)12-6(2)10/h1,5H,11H2. The van der Waals surface area contributed by atoms with E-state index in [2.05, 4.69) is 20.9 Å². The van der Waals surface area contributed by atoms with Crippen molar-refractivity contribution in [2.45, 2.75) is 6.43 Å². The molecule has 0 fully saturated rings. The number of rotatable bonds is 1. The molecule has 0 aliphatic heterocycles. The minimum atomic E-state index is -2.85. The fourth-order valence-electron chi connectivity index (χ4n) is 0.669. The molecule has 0 aromatic carbocycles. The van der Waals surface area contributed by atoms with Crippen LogP contribution < -0.4 is 5.73 Å². The van der Waals surface area contributed by atoms with Crippen molar-refractivity contribution in [3.8, 4) is 0 Å². The summed E-state index contributed by atoms with van der Waals surface area (Å²) < 4.78 is 36.6. The number of nitrogens with zero attached hydrogens (tertiary/aromatic N) is 1. The first-order valence-corrected chi connectivity index (χ1v) is 3.71. The first kappa shape index (κ1) is 9.31. The molecular weight excluding hydrogens is 237 g/mol. The molecule has 2 nitrogen and oxygen atoms in total. The highest BCUT2D eigenvalue weighted by Gasteiger charge is 2.15. The van der Waals surface area contributed by atoms with Crippen LogP contribution in [0.2, 0.25) is 0 Å². The number of pyridine rings is 1. The maximum Gasteiger partial charge on any atom is 0.282 e. The van der Waals surface area contributed by atoms with Crippen LogP contribution in [0.3, 0.4) is 0 Å². The monoisotopic (exact) mass is 240 g/mol. The van der Waals surface area contributed by atoms with Crippen LogP contribution in [0.4, 0.5) is 18.9 Å². The zero-order valence-corrected chi connectivity index (χ0v) is 7.28. The molecule has 1 heterocycles. The second-order valence-electron chi connectivity index (χ2n) is 2.04. The van der Waals surface area contributed by atoms with Crippen LogP contribution in [0.25, 0.3) is 0 Å². The topological polar surface area (TPSA) is 38.9 Å². The lowest BCUT2D eigenvalue weighted by Crippen LogP contribution is -2.01. The lowest BCUT2D eigenvalue weighted by molar-refractivity contribution is 0.145. The molecule has 12 heavy (non-hydrogen) atoms. The molecule has 0 atom stereocenters. The minimum absolute atomic E-state index is 0.0237. The fraction of sp³-hybridized carbons (Fsp3) is 0.167. The number of halogens is 4. The van der Waals surface area contributed by atoms with E-state index in [0.29, 0.717) is 0 Å². The van der Waals surface area contributed by atoms with Crippen LogP contribution in [0.15, 0.2) is 10.5 Å². The number of aromatic nitrogens is 1. The summed E-state index contributed by atoms with van der Waals surface area (Å²) in [7, 11) is 0. The summed E-state index contributed by atoms with van der Waals surface area (Å²) >= 11 is 2.77. The van der Waals surface area contributed by atoms with Crippen molar-refractivity contribution in [3.63, 3.8) is 0 Å². The Morgan fingerprint density at radius 3 is 2.58 bits per heavy atom. The van der Waals surface area contributed by atoms with Gasteiger partial charge in [0, 0.05) is 0 Å². The number of hydrogen-bond donors (Lipinski definition) is 1. The molecule has 0 spiro atoms. The van der Waals surface area contributed by atoms with Gasteiger partial charge < -0.3 is 5.73 Å². The van der Waals surface area contributed by atoms with Crippen LogP contribution in [0, 0.1) is 5.95 Å². The summed E-state index contributed by atoms with van der Waals surface area (Å²) in [4.78, 5) is 2.98. The predicted octanol–water partition coefficient (Wildman–Crippen LogP) is 2.50. The van der Waals surface area contributed by atoms with Crippen molar-refractivity contribution in [1.82, 2.24) is 4.98 Å². The van der Waals surface area contributed by atoms with Gasteiger partial charge in [0.05, 0.1) is 10.2 Å². The van der Waals surface area contributed by atoms with E-state index in [9.17, 15) is 13.2 Å². The normalized spacial score (nSPS) is 10.8. The summed E-state index contributed by atoms with van der Waals surface area (Å²) in [5.74, 6) is -0.987. The minimum Gasteiger partial charge on any atom is -0.397 e. The third kappa shape index (κ3) is 1.69. The van der Waals surface area contributed by atoms with Crippen molar-refractivity contribution in [3.05, 3.63) is 22.2 Å². The Bertz CT molecular complexity index is 303. The second kappa shape index (κ2) is 3.30. The average Bonchev–Trinajstić information content (AvgIpc) is 1.96. The zero-order valence-electron chi connectivity index (χ0n) is 5.69. The van der Waals surface area contributed by atoms with Gasteiger partial charge in [-0.2, -0.15) is 4.39 Å². The molecule has 0 unspecified atom stereocenters. The molecule has 1 rings (SSSR count). The molecule has 66 valence electrons. The van der Waals surface area contributed by atoms with Crippen LogP contribution in [-0.2, 0) is 0 Å². The maximum atomic E-state index is 12.6. The highest BCUT2D eigenvalue weighted by atomic mass is 79.9. The predicted molar refractivity (Wildman–Crippen MR) is 41.3 cm³/mol. The maximum absolute atomic E-state index is 12.6. The smallest absolute Gasteiger partial charge is 0.282 e. The first-order chi connectivity index (χ1) is 5.52. The van der Waals surface area contributed by atoms with Crippen LogP contribution >= 0.6 is 15.9 Å². The van der Waals surface area contributed by atoms with E-state index in [1.54, 1.807) is 0 Å². The summed E-state index contributed by atoms with van der Waals surface area (Å²) in [6.45, 7) is 0. The molecule has 0 saturated heterocycles. The Labute approximate surface area is 74.7 Å². The Kier molecular flexibility index (Phi) is 2.56. The van der Waals surface area contributed by atoms with E-state index < -0.39 is 18.1 Å². The summed E-state index contributed by atoms with van der Waals surface area (Å²) in [5, 5.41) is 0. The van der Waals surface area contributed by atoms with E-state index >= 15 is 0 Å². The van der Waals surface area contributed by atoms with E-state index in [0.717, 1.165) is 6.07 Å². The van der Waals surface area contributed by atoms with Gasteiger partial charge in [-0.3, -0.25) is 0 Å². The summed E-state index contributed by atoms with van der Waals surface area (Å²) in [6.07, 6.45) is -2.85. The van der Waals surface area contributed by atoms with Crippen molar-refractivity contribution in [2.75, 3.05) is 5.73 Å². The molecule has 0 aliphatic rings. The van der Waals surface area contributed by atoms with Gasteiger partial charge in [0.25, 0.3) is 6.43 Å². The number of nitrogen functional groups attached to an aromatic ring is 1. The lowest BCUT2D eigenvalue weighted by Gasteiger charge is -2.03. The van der Waals surface area contributed by atoms with Gasteiger partial charge in [-0.05, 0) is 22.0 Å². The van der Waals surface area contributed by atoms with Crippen molar-refractivity contribution >= 4 is 21.6 Å². The fourth-order valence-corrected chi connectivity index (χ4v) is 1.00. The SMILES string of the molecule is Nc1cc(Br)c(F)nc1C(F)F. The Morgan fingerprint density at radius 1 is 1.50 bits per heavy atom. The molecule has 0 radical (unpaired) electrons.